The standard InChI is InChI=1S/C24H33ClFN5O4S/c1-16(2)18-5-6-21(20(26)12-18)29-36(33,34)30-9-7-19(8-10-30)31-24(32)23(25)22(14-28-31)27-13-17-4-3-11-35-15-17/h5-6,12,14,16-17,19,27,29H,3-4,7-11,13,15H2,1-2H3. The summed E-state index contributed by atoms with van der Waals surface area (Å²) < 4.78 is 50.6. The fraction of sp³-hybridized carbons (Fsp3) is 0.583. The van der Waals surface area contributed by atoms with Crippen LogP contribution in [-0.4, -0.2) is 55.4 Å². The van der Waals surface area contributed by atoms with E-state index < -0.39 is 21.6 Å². The van der Waals surface area contributed by atoms with Crippen molar-refractivity contribution in [1.29, 1.82) is 0 Å². The summed E-state index contributed by atoms with van der Waals surface area (Å²) in [6.07, 6.45) is 4.38. The molecule has 4 rings (SSSR count). The Kier molecular flexibility index (Phi) is 8.54. The number of piperidine rings is 1. The predicted molar refractivity (Wildman–Crippen MR) is 138 cm³/mol. The molecule has 2 aliphatic heterocycles. The van der Waals surface area contributed by atoms with Gasteiger partial charge in [-0.05, 0) is 55.2 Å². The van der Waals surface area contributed by atoms with Gasteiger partial charge in [-0.1, -0.05) is 31.5 Å². The predicted octanol–water partition coefficient (Wildman–Crippen LogP) is 3.99. The van der Waals surface area contributed by atoms with E-state index in [1.807, 2.05) is 13.8 Å². The van der Waals surface area contributed by atoms with Crippen LogP contribution in [0, 0.1) is 11.7 Å². The van der Waals surface area contributed by atoms with Crippen LogP contribution < -0.4 is 15.6 Å². The topological polar surface area (TPSA) is 106 Å². The Morgan fingerprint density at radius 2 is 1.97 bits per heavy atom. The van der Waals surface area contributed by atoms with Crippen molar-refractivity contribution in [2.45, 2.75) is 51.5 Å². The van der Waals surface area contributed by atoms with Gasteiger partial charge >= 0.3 is 10.2 Å². The fourth-order valence-corrected chi connectivity index (χ4v) is 6.02. The maximum Gasteiger partial charge on any atom is 0.301 e. The maximum atomic E-state index is 14.5. The third kappa shape index (κ3) is 6.19. The molecule has 2 N–H and O–H groups in total. The van der Waals surface area contributed by atoms with E-state index >= 15 is 0 Å². The molecule has 2 saturated heterocycles. The molecule has 2 aromatic rings. The molecule has 36 heavy (non-hydrogen) atoms. The summed E-state index contributed by atoms with van der Waals surface area (Å²) in [6.45, 7) is 6.32. The minimum Gasteiger partial charge on any atom is -0.382 e. The number of nitrogens with zero attached hydrogens (tertiary/aromatic N) is 3. The van der Waals surface area contributed by atoms with E-state index in [1.54, 1.807) is 12.3 Å². The van der Waals surface area contributed by atoms with Crippen LogP contribution in [0.25, 0.3) is 0 Å². The van der Waals surface area contributed by atoms with E-state index in [9.17, 15) is 17.6 Å². The summed E-state index contributed by atoms with van der Waals surface area (Å²) in [5.41, 5.74) is 0.776. The van der Waals surface area contributed by atoms with Crippen molar-refractivity contribution in [3.8, 4) is 0 Å². The SMILES string of the molecule is CC(C)c1ccc(NS(=O)(=O)N2CCC(n3ncc(NCC4CCCOC4)c(Cl)c3=O)CC2)c(F)c1. The molecule has 0 saturated carbocycles. The smallest absolute Gasteiger partial charge is 0.301 e. The molecule has 1 atom stereocenters. The minimum atomic E-state index is -3.95. The monoisotopic (exact) mass is 541 g/mol. The highest BCUT2D eigenvalue weighted by atomic mass is 35.5. The van der Waals surface area contributed by atoms with E-state index in [-0.39, 0.29) is 35.8 Å². The van der Waals surface area contributed by atoms with Gasteiger partial charge in [0.1, 0.15) is 10.8 Å². The van der Waals surface area contributed by atoms with Crippen molar-refractivity contribution < 1.29 is 17.5 Å². The van der Waals surface area contributed by atoms with Crippen LogP contribution in [-0.2, 0) is 14.9 Å². The van der Waals surface area contributed by atoms with Crippen molar-refractivity contribution >= 4 is 33.2 Å². The van der Waals surface area contributed by atoms with Gasteiger partial charge in [-0.15, -0.1) is 0 Å². The highest BCUT2D eigenvalue weighted by molar-refractivity contribution is 7.90. The number of rotatable bonds is 8. The molecule has 0 radical (unpaired) electrons. The zero-order chi connectivity index (χ0) is 25.9. The van der Waals surface area contributed by atoms with Crippen molar-refractivity contribution in [2.75, 3.05) is 42.9 Å². The zero-order valence-electron chi connectivity index (χ0n) is 20.5. The molecule has 0 aliphatic carbocycles. The second kappa shape index (κ2) is 11.5. The summed E-state index contributed by atoms with van der Waals surface area (Å²) in [7, 11) is -3.95. The summed E-state index contributed by atoms with van der Waals surface area (Å²) in [5.74, 6) is -0.125. The molecule has 2 fully saturated rings. The van der Waals surface area contributed by atoms with Crippen molar-refractivity contribution in [3.05, 3.63) is 51.2 Å². The second-order valence-electron chi connectivity index (χ2n) is 9.72. The Morgan fingerprint density at radius 3 is 2.61 bits per heavy atom. The highest BCUT2D eigenvalue weighted by Crippen LogP contribution is 2.27. The third-order valence-corrected chi connectivity index (χ3v) is 8.68. The number of benzene rings is 1. The minimum absolute atomic E-state index is 0.0683. The third-order valence-electron chi connectivity index (χ3n) is 6.79. The Morgan fingerprint density at radius 1 is 1.22 bits per heavy atom. The molecule has 2 aliphatic rings. The normalized spacial score (nSPS) is 20.0. The number of hydrogen-bond acceptors (Lipinski definition) is 6. The molecule has 1 unspecified atom stereocenters. The number of halogens is 2. The summed E-state index contributed by atoms with van der Waals surface area (Å²) in [5, 5.41) is 7.58. The lowest BCUT2D eigenvalue weighted by molar-refractivity contribution is 0.0595. The molecular weight excluding hydrogens is 509 g/mol. The van der Waals surface area contributed by atoms with Crippen LogP contribution in [0.3, 0.4) is 0 Å². The van der Waals surface area contributed by atoms with Crippen molar-refractivity contribution in [2.24, 2.45) is 5.92 Å². The molecule has 0 bridgehead atoms. The van der Waals surface area contributed by atoms with Crippen LogP contribution in [0.4, 0.5) is 15.8 Å². The van der Waals surface area contributed by atoms with E-state index in [0.29, 0.717) is 37.6 Å². The number of ether oxygens (including phenoxy) is 1. The van der Waals surface area contributed by atoms with Gasteiger partial charge in [0.25, 0.3) is 5.56 Å². The van der Waals surface area contributed by atoms with Gasteiger partial charge in [0.2, 0.25) is 0 Å². The van der Waals surface area contributed by atoms with Gasteiger partial charge in [-0.25, -0.2) is 9.07 Å². The molecule has 12 heteroatoms. The molecular formula is C24H33ClFN5O4S. The number of aromatic nitrogens is 2. The Balaban J connectivity index is 1.37. The molecule has 3 heterocycles. The lowest BCUT2D eigenvalue weighted by Crippen LogP contribution is -2.43. The molecule has 198 valence electrons. The fourth-order valence-electron chi connectivity index (χ4n) is 4.55. The van der Waals surface area contributed by atoms with E-state index in [1.165, 1.54) is 21.1 Å². The molecule has 1 aromatic carbocycles. The average Bonchev–Trinajstić information content (AvgIpc) is 2.87. The van der Waals surface area contributed by atoms with E-state index in [0.717, 1.165) is 25.0 Å². The van der Waals surface area contributed by atoms with E-state index in [4.69, 9.17) is 16.3 Å². The van der Waals surface area contributed by atoms with Gasteiger partial charge in [0, 0.05) is 26.2 Å². The lowest BCUT2D eigenvalue weighted by atomic mass is 10.0. The molecule has 1 aromatic heterocycles. The number of anilines is 2. The second-order valence-corrected chi connectivity index (χ2v) is 11.8. The summed E-state index contributed by atoms with van der Waals surface area (Å²) in [4.78, 5) is 12.9. The Bertz CT molecular complexity index is 1230. The van der Waals surface area contributed by atoms with Gasteiger partial charge in [0.15, 0.2) is 0 Å². The first-order valence-electron chi connectivity index (χ1n) is 12.3. The van der Waals surface area contributed by atoms with Crippen LogP contribution >= 0.6 is 11.6 Å². The van der Waals surface area contributed by atoms with E-state index in [2.05, 4.69) is 15.1 Å². The zero-order valence-corrected chi connectivity index (χ0v) is 22.1. The van der Waals surface area contributed by atoms with Gasteiger partial charge < -0.3 is 10.1 Å². The van der Waals surface area contributed by atoms with Gasteiger partial charge in [-0.2, -0.15) is 17.8 Å². The van der Waals surface area contributed by atoms with Crippen LogP contribution in [0.5, 0.6) is 0 Å². The van der Waals surface area contributed by atoms with Crippen LogP contribution in [0.15, 0.2) is 29.2 Å². The Labute approximate surface area is 216 Å². The number of hydrogen-bond donors (Lipinski definition) is 2. The molecule has 9 nitrogen and oxygen atoms in total. The molecule has 0 spiro atoms. The first-order valence-corrected chi connectivity index (χ1v) is 14.1. The summed E-state index contributed by atoms with van der Waals surface area (Å²) in [6, 6.07) is 4.21. The Hall–Kier alpha value is -2.21. The van der Waals surface area contributed by atoms with Crippen LogP contribution in [0.2, 0.25) is 5.02 Å². The van der Waals surface area contributed by atoms with Gasteiger partial charge in [-0.3, -0.25) is 9.52 Å². The van der Waals surface area contributed by atoms with Gasteiger partial charge in [0.05, 0.1) is 30.2 Å². The largest absolute Gasteiger partial charge is 0.382 e. The number of nitrogens with one attached hydrogen (secondary N) is 2. The first kappa shape index (κ1) is 26.8. The quantitative estimate of drug-likeness (QED) is 0.523. The highest BCUT2D eigenvalue weighted by Gasteiger charge is 2.31. The van der Waals surface area contributed by atoms with Crippen molar-refractivity contribution in [3.63, 3.8) is 0 Å². The lowest BCUT2D eigenvalue weighted by Gasteiger charge is -2.31. The maximum absolute atomic E-state index is 14.5. The summed E-state index contributed by atoms with van der Waals surface area (Å²) >= 11 is 6.35. The average molecular weight is 542 g/mol. The molecule has 0 amide bonds. The van der Waals surface area contributed by atoms with Crippen molar-refractivity contribution in [1.82, 2.24) is 14.1 Å². The van der Waals surface area contributed by atoms with Crippen LogP contribution in [0.1, 0.15) is 57.1 Å². The first-order chi connectivity index (χ1) is 17.2.